The lowest BCUT2D eigenvalue weighted by Gasteiger charge is -2.24. The van der Waals surface area contributed by atoms with Crippen LogP contribution in [0.1, 0.15) is 58.5 Å². The smallest absolute Gasteiger partial charge is 0.271 e. The van der Waals surface area contributed by atoms with Crippen molar-refractivity contribution in [1.29, 1.82) is 0 Å². The number of hydrogen-bond donors (Lipinski definition) is 8. The Balaban J connectivity index is 1.33. The quantitative estimate of drug-likeness (QED) is 0.121. The molecule has 0 saturated heterocycles. The Morgan fingerprint density at radius 2 is 1.47 bits per heavy atom. The number of aryl methyl sites for hydroxylation is 1. The molecule has 3 aromatic heterocycles. The van der Waals surface area contributed by atoms with Crippen molar-refractivity contribution in [3.63, 3.8) is 0 Å². The second kappa shape index (κ2) is 18.2. The molecule has 4 atom stereocenters. The van der Waals surface area contributed by atoms with Crippen molar-refractivity contribution >= 4 is 74.5 Å². The fourth-order valence-corrected chi connectivity index (χ4v) is 7.57. The average Bonchev–Trinajstić information content (AvgIpc) is 3.97. The molecular formula is C41H46N10O7S. The van der Waals surface area contributed by atoms with Crippen LogP contribution in [0, 0.1) is 6.92 Å². The number of aromatic nitrogens is 3. The van der Waals surface area contributed by atoms with Crippen molar-refractivity contribution in [2.75, 3.05) is 20.1 Å². The van der Waals surface area contributed by atoms with E-state index in [1.807, 2.05) is 49.4 Å². The van der Waals surface area contributed by atoms with Crippen molar-refractivity contribution < 1.29 is 33.6 Å². The minimum Gasteiger partial charge on any atom is -0.361 e. The number of likely N-dealkylation sites (N-methyl/N-ethyl adjacent to an activating group) is 1. The molecule has 1 aliphatic rings. The summed E-state index contributed by atoms with van der Waals surface area (Å²) in [6, 6.07) is 9.10. The normalized spacial score (nSPS) is 21.0. The van der Waals surface area contributed by atoms with Gasteiger partial charge in [0.15, 0.2) is 0 Å². The Bertz CT molecular complexity index is 2450. The van der Waals surface area contributed by atoms with E-state index in [1.165, 1.54) is 12.4 Å². The van der Waals surface area contributed by atoms with Crippen molar-refractivity contribution in [3.05, 3.63) is 99.9 Å². The van der Waals surface area contributed by atoms with Crippen LogP contribution in [0.2, 0.25) is 0 Å². The first-order chi connectivity index (χ1) is 28.2. The van der Waals surface area contributed by atoms with Gasteiger partial charge in [-0.05, 0) is 49.6 Å². The Morgan fingerprint density at radius 3 is 2.20 bits per heavy atom. The van der Waals surface area contributed by atoms with Crippen LogP contribution in [0.4, 0.5) is 0 Å². The lowest BCUT2D eigenvalue weighted by molar-refractivity contribution is -0.134. The highest BCUT2D eigenvalue weighted by Crippen LogP contribution is 2.23. The predicted molar refractivity (Wildman–Crippen MR) is 221 cm³/mol. The molecule has 308 valence electrons. The molecule has 2 bridgehead atoms. The highest BCUT2D eigenvalue weighted by atomic mass is 32.1. The molecule has 0 aliphatic carbocycles. The van der Waals surface area contributed by atoms with Crippen LogP contribution in [0.25, 0.3) is 21.8 Å². The first-order valence-electron chi connectivity index (χ1n) is 19.0. The molecule has 1 aliphatic heterocycles. The van der Waals surface area contributed by atoms with Crippen molar-refractivity contribution in [2.24, 2.45) is 0 Å². The zero-order valence-electron chi connectivity index (χ0n) is 33.0. The van der Waals surface area contributed by atoms with Crippen LogP contribution >= 0.6 is 11.3 Å². The molecule has 0 fully saturated rings. The van der Waals surface area contributed by atoms with E-state index in [-0.39, 0.29) is 30.7 Å². The number of para-hydroxylation sites is 1. The third-order valence-electron chi connectivity index (χ3n) is 9.95. The molecule has 0 radical (unpaired) electrons. The number of carbonyl (C=O) groups excluding carboxylic acids is 7. The topological polar surface area (TPSA) is 239 Å². The van der Waals surface area contributed by atoms with E-state index in [4.69, 9.17) is 0 Å². The van der Waals surface area contributed by atoms with Gasteiger partial charge in [0.1, 0.15) is 28.8 Å². The molecule has 7 amide bonds. The van der Waals surface area contributed by atoms with Gasteiger partial charge in [0.2, 0.25) is 29.5 Å². The first kappa shape index (κ1) is 41.8. The number of carbonyl (C=O) groups is 7. The molecular weight excluding hydrogens is 777 g/mol. The maximum Gasteiger partial charge on any atom is 0.271 e. The summed E-state index contributed by atoms with van der Waals surface area (Å²) in [5, 5.41) is 19.5. The van der Waals surface area contributed by atoms with Crippen molar-refractivity contribution in [1.82, 2.24) is 51.8 Å². The summed E-state index contributed by atoms with van der Waals surface area (Å²) in [5.41, 5.74) is 3.77. The van der Waals surface area contributed by atoms with E-state index in [1.54, 1.807) is 26.2 Å². The van der Waals surface area contributed by atoms with Crippen LogP contribution in [-0.2, 0) is 41.6 Å². The van der Waals surface area contributed by atoms with Gasteiger partial charge >= 0.3 is 0 Å². The number of rotatable bonds is 5. The van der Waals surface area contributed by atoms with Gasteiger partial charge < -0.3 is 46.8 Å². The van der Waals surface area contributed by atoms with Gasteiger partial charge in [-0.15, -0.1) is 11.3 Å². The van der Waals surface area contributed by atoms with Gasteiger partial charge in [-0.2, -0.15) is 0 Å². The molecule has 5 aromatic rings. The summed E-state index contributed by atoms with van der Waals surface area (Å²) in [5.74, 6) is -4.75. The standard InChI is InChI=1S/C41H46N10O7S/c1-6-28-37(55)46-23(4)41(58)51(5)19-35(53)45-22(3)40-50-33(20-59-40)39(57)49-32(15-25-17-43-30-12-11-21(2)13-27(25)30)38(56)48-31(36(54)44-18-34(52)47-28)14-24-16-42-29-10-8-7-9-26(24)29/h7-13,16-17,20,22,28,31-32,42-43H,4,6,14-15,18-19H2,1-3,5H3,(H,44,54)(H,45,53)(H,46,55)(H,47,52)(H,48,56)(H,49,57)/t22-,28-,31+,32+/m1/s1. The highest BCUT2D eigenvalue weighted by Gasteiger charge is 2.31. The fourth-order valence-electron chi connectivity index (χ4n) is 6.76. The third-order valence-corrected chi connectivity index (χ3v) is 11.0. The van der Waals surface area contributed by atoms with E-state index in [0.717, 1.165) is 49.2 Å². The second-order valence-corrected chi connectivity index (χ2v) is 15.3. The molecule has 2 aromatic carbocycles. The van der Waals surface area contributed by atoms with Gasteiger partial charge in [0.05, 0.1) is 24.8 Å². The first-order valence-corrected chi connectivity index (χ1v) is 19.9. The Kier molecular flexibility index (Phi) is 12.9. The fraction of sp³-hybridized carbons (Fsp3) is 0.317. The van der Waals surface area contributed by atoms with Gasteiger partial charge in [0.25, 0.3) is 11.8 Å². The third kappa shape index (κ3) is 10.0. The summed E-state index contributed by atoms with van der Waals surface area (Å²) < 4.78 is 0. The van der Waals surface area contributed by atoms with Crippen LogP contribution < -0.4 is 31.9 Å². The highest BCUT2D eigenvalue weighted by molar-refractivity contribution is 7.09. The number of benzene rings is 2. The summed E-state index contributed by atoms with van der Waals surface area (Å²) in [6.07, 6.45) is 3.68. The molecule has 59 heavy (non-hydrogen) atoms. The second-order valence-electron chi connectivity index (χ2n) is 14.5. The maximum absolute atomic E-state index is 14.4. The molecule has 0 spiro atoms. The predicted octanol–water partition coefficient (Wildman–Crippen LogP) is 1.77. The van der Waals surface area contributed by atoms with E-state index < -0.39 is 78.6 Å². The van der Waals surface area contributed by atoms with Crippen LogP contribution in [-0.4, -0.2) is 99.5 Å². The number of H-pyrrole nitrogens is 2. The number of thiazole rings is 1. The molecule has 17 nitrogen and oxygen atoms in total. The summed E-state index contributed by atoms with van der Waals surface area (Å²) in [7, 11) is 1.36. The SMILES string of the molecule is C=C1NC(=O)[C@@H](CC)NC(=O)CNC(=O)[C@H](Cc2c[nH]c3ccccc23)NC(=O)[C@H](Cc2c[nH]c3ccc(C)cc23)NC(=O)c2csc(n2)[C@@H](C)NC(=O)CN(C)C1=O. The van der Waals surface area contributed by atoms with Crippen LogP contribution in [0.5, 0.6) is 0 Å². The molecule has 18 heteroatoms. The lowest BCUT2D eigenvalue weighted by Crippen LogP contribution is -2.56. The summed E-state index contributed by atoms with van der Waals surface area (Å²) in [4.78, 5) is 106. The average molecular weight is 823 g/mol. The zero-order chi connectivity index (χ0) is 42.4. The maximum atomic E-state index is 14.4. The van der Waals surface area contributed by atoms with Crippen LogP contribution in [0.3, 0.4) is 0 Å². The van der Waals surface area contributed by atoms with Crippen LogP contribution in [0.15, 0.2) is 72.5 Å². The summed E-state index contributed by atoms with van der Waals surface area (Å²) >= 11 is 1.12. The van der Waals surface area contributed by atoms with Crippen molar-refractivity contribution in [3.8, 4) is 0 Å². The number of aromatic amines is 2. The van der Waals surface area contributed by atoms with Gasteiger partial charge in [0, 0.05) is 59.5 Å². The zero-order valence-corrected chi connectivity index (χ0v) is 33.8. The summed E-state index contributed by atoms with van der Waals surface area (Å²) in [6.45, 7) is 7.94. The molecule has 0 unspecified atom stereocenters. The largest absolute Gasteiger partial charge is 0.361 e. The van der Waals surface area contributed by atoms with E-state index >= 15 is 0 Å². The Morgan fingerprint density at radius 1 is 0.797 bits per heavy atom. The van der Waals surface area contributed by atoms with E-state index in [0.29, 0.717) is 10.6 Å². The number of nitrogens with one attached hydrogen (secondary N) is 8. The van der Waals surface area contributed by atoms with Gasteiger partial charge in [-0.1, -0.05) is 43.3 Å². The Hall–Kier alpha value is -6.82. The number of hydrogen-bond acceptors (Lipinski definition) is 9. The Labute approximate surface area is 343 Å². The number of amides is 7. The molecule has 4 heterocycles. The van der Waals surface area contributed by atoms with E-state index in [2.05, 4.69) is 53.4 Å². The van der Waals surface area contributed by atoms with Gasteiger partial charge in [-0.3, -0.25) is 33.6 Å². The molecule has 8 N–H and O–H groups in total. The number of fused-ring (bicyclic) bond motifs is 4. The minimum atomic E-state index is -1.23. The monoisotopic (exact) mass is 822 g/mol. The lowest BCUT2D eigenvalue weighted by atomic mass is 10.0. The van der Waals surface area contributed by atoms with Crippen molar-refractivity contribution in [2.45, 2.75) is 64.2 Å². The van der Waals surface area contributed by atoms with Gasteiger partial charge in [-0.25, -0.2) is 4.98 Å². The molecule has 6 rings (SSSR count). The molecule has 0 saturated carbocycles. The van der Waals surface area contributed by atoms with E-state index in [9.17, 15) is 33.6 Å². The minimum absolute atomic E-state index is 0.00283. The number of nitrogens with zero attached hydrogens (tertiary/aromatic N) is 2.